The molecule has 0 aromatic carbocycles. The van der Waals surface area contributed by atoms with E-state index in [1.807, 2.05) is 5.32 Å². The van der Waals surface area contributed by atoms with Gasteiger partial charge in [-0.2, -0.15) is 18.3 Å². The first-order chi connectivity index (χ1) is 9.20. The minimum atomic E-state index is -4.52. The molecule has 0 saturated carbocycles. The SMILES string of the molecule is Cc1cc(Cl)nn2c(C(=O)N[C@@H](C)C(F)(F)F)cnc12. The number of aromatic nitrogens is 3. The fourth-order valence-corrected chi connectivity index (χ4v) is 1.83. The molecule has 20 heavy (non-hydrogen) atoms. The molecular weight excluding hydrogens is 297 g/mol. The van der Waals surface area contributed by atoms with Gasteiger partial charge in [-0.3, -0.25) is 4.79 Å². The third kappa shape index (κ3) is 2.69. The van der Waals surface area contributed by atoms with Crippen molar-refractivity contribution in [3.8, 4) is 0 Å². The van der Waals surface area contributed by atoms with Crippen molar-refractivity contribution in [3.63, 3.8) is 0 Å². The smallest absolute Gasteiger partial charge is 0.339 e. The molecule has 2 rings (SSSR count). The molecule has 1 N–H and O–H groups in total. The maximum atomic E-state index is 12.4. The Morgan fingerprint density at radius 2 is 2.15 bits per heavy atom. The largest absolute Gasteiger partial charge is 0.408 e. The monoisotopic (exact) mass is 306 g/mol. The highest BCUT2D eigenvalue weighted by Gasteiger charge is 2.37. The lowest BCUT2D eigenvalue weighted by molar-refractivity contribution is -0.149. The Bertz CT molecular complexity index is 667. The van der Waals surface area contributed by atoms with Gasteiger partial charge in [0.2, 0.25) is 0 Å². The standard InChI is InChI=1S/C11H10ClF3N4O/c1-5-3-8(12)18-19-7(4-16-9(5)19)10(20)17-6(2)11(13,14)15/h3-4,6H,1-2H3,(H,17,20)/t6-/m0/s1. The molecule has 0 radical (unpaired) electrons. The molecule has 1 amide bonds. The van der Waals surface area contributed by atoms with Gasteiger partial charge in [0.1, 0.15) is 11.2 Å². The second-order valence-electron chi connectivity index (χ2n) is 4.27. The summed E-state index contributed by atoms with van der Waals surface area (Å²) in [5.74, 6) is -0.920. The van der Waals surface area contributed by atoms with Crippen molar-refractivity contribution in [3.05, 3.63) is 28.7 Å². The number of halogens is 4. The zero-order valence-corrected chi connectivity index (χ0v) is 11.2. The van der Waals surface area contributed by atoms with Gasteiger partial charge in [0.05, 0.1) is 6.20 Å². The van der Waals surface area contributed by atoms with E-state index in [0.717, 1.165) is 17.6 Å². The van der Waals surface area contributed by atoms with Gasteiger partial charge in [-0.25, -0.2) is 9.50 Å². The zero-order chi connectivity index (χ0) is 15.1. The van der Waals surface area contributed by atoms with Crippen molar-refractivity contribution in [1.82, 2.24) is 19.9 Å². The van der Waals surface area contributed by atoms with Crippen molar-refractivity contribution in [2.75, 3.05) is 0 Å². The third-order valence-corrected chi connectivity index (χ3v) is 2.88. The molecule has 2 heterocycles. The minimum Gasteiger partial charge on any atom is -0.339 e. The summed E-state index contributed by atoms with van der Waals surface area (Å²) in [5, 5.41) is 5.83. The molecule has 0 spiro atoms. The number of imidazole rings is 1. The first-order valence-corrected chi connectivity index (χ1v) is 5.96. The van der Waals surface area contributed by atoms with Crippen LogP contribution in [0.25, 0.3) is 5.65 Å². The number of nitrogens with one attached hydrogen (secondary N) is 1. The zero-order valence-electron chi connectivity index (χ0n) is 10.5. The van der Waals surface area contributed by atoms with Crippen LogP contribution < -0.4 is 5.32 Å². The molecule has 108 valence electrons. The van der Waals surface area contributed by atoms with E-state index in [-0.39, 0.29) is 10.8 Å². The molecule has 2 aromatic rings. The Morgan fingerprint density at radius 3 is 2.75 bits per heavy atom. The summed E-state index contributed by atoms with van der Waals surface area (Å²) in [7, 11) is 0. The van der Waals surface area contributed by atoms with Crippen LogP contribution in [0.5, 0.6) is 0 Å². The Labute approximate surface area is 116 Å². The highest BCUT2D eigenvalue weighted by atomic mass is 35.5. The van der Waals surface area contributed by atoms with Gasteiger partial charge < -0.3 is 5.32 Å². The van der Waals surface area contributed by atoms with Crippen LogP contribution in [0.15, 0.2) is 12.3 Å². The van der Waals surface area contributed by atoms with Crippen LogP contribution in [0.4, 0.5) is 13.2 Å². The highest BCUT2D eigenvalue weighted by molar-refractivity contribution is 6.29. The summed E-state index contributed by atoms with van der Waals surface area (Å²) >= 11 is 5.76. The topological polar surface area (TPSA) is 59.3 Å². The summed E-state index contributed by atoms with van der Waals surface area (Å²) in [6.07, 6.45) is -3.36. The predicted octanol–water partition coefficient (Wildman–Crippen LogP) is 2.37. The van der Waals surface area contributed by atoms with Gasteiger partial charge in [-0.15, -0.1) is 0 Å². The number of hydrogen-bond acceptors (Lipinski definition) is 3. The fraction of sp³-hybridized carbons (Fsp3) is 0.364. The van der Waals surface area contributed by atoms with Gasteiger partial charge in [0, 0.05) is 0 Å². The molecule has 0 unspecified atom stereocenters. The second kappa shape index (κ2) is 4.93. The lowest BCUT2D eigenvalue weighted by atomic mass is 10.3. The number of carbonyl (C=O) groups is 1. The van der Waals surface area contributed by atoms with Crippen LogP contribution in [0, 0.1) is 6.92 Å². The van der Waals surface area contributed by atoms with Crippen molar-refractivity contribution < 1.29 is 18.0 Å². The van der Waals surface area contributed by atoms with Crippen molar-refractivity contribution in [1.29, 1.82) is 0 Å². The van der Waals surface area contributed by atoms with Gasteiger partial charge in [-0.05, 0) is 25.5 Å². The number of rotatable bonds is 2. The number of amides is 1. The third-order valence-electron chi connectivity index (χ3n) is 2.69. The number of carbonyl (C=O) groups excluding carboxylic acids is 1. The van der Waals surface area contributed by atoms with Gasteiger partial charge in [-0.1, -0.05) is 11.6 Å². The molecule has 9 heteroatoms. The van der Waals surface area contributed by atoms with Gasteiger partial charge in [0.15, 0.2) is 11.3 Å². The first kappa shape index (κ1) is 14.6. The van der Waals surface area contributed by atoms with Crippen LogP contribution in [0.3, 0.4) is 0 Å². The highest BCUT2D eigenvalue weighted by Crippen LogP contribution is 2.20. The molecule has 1 atom stereocenters. The number of aryl methyl sites for hydroxylation is 1. The van der Waals surface area contributed by atoms with Gasteiger partial charge >= 0.3 is 6.18 Å². The van der Waals surface area contributed by atoms with E-state index in [1.54, 1.807) is 13.0 Å². The number of nitrogens with zero attached hydrogens (tertiary/aromatic N) is 3. The van der Waals surface area contributed by atoms with Crippen LogP contribution >= 0.6 is 11.6 Å². The van der Waals surface area contributed by atoms with Crippen LogP contribution in [0.2, 0.25) is 5.15 Å². The van der Waals surface area contributed by atoms with Crippen LogP contribution in [0.1, 0.15) is 23.0 Å². The van der Waals surface area contributed by atoms with E-state index < -0.39 is 18.1 Å². The fourth-order valence-electron chi connectivity index (χ4n) is 1.59. The van der Waals surface area contributed by atoms with Crippen LogP contribution in [-0.4, -0.2) is 32.7 Å². The lowest BCUT2D eigenvalue weighted by Gasteiger charge is -2.16. The molecule has 0 bridgehead atoms. The molecule has 5 nitrogen and oxygen atoms in total. The van der Waals surface area contributed by atoms with E-state index in [0.29, 0.717) is 11.2 Å². The second-order valence-corrected chi connectivity index (χ2v) is 4.65. The molecule has 2 aromatic heterocycles. The summed E-state index contributed by atoms with van der Waals surface area (Å²) in [5.41, 5.74) is 0.911. The summed E-state index contributed by atoms with van der Waals surface area (Å²) < 4.78 is 38.4. The average molecular weight is 307 g/mol. The minimum absolute atomic E-state index is 0.110. The number of fused-ring (bicyclic) bond motifs is 1. The summed E-state index contributed by atoms with van der Waals surface area (Å²) in [6.45, 7) is 2.56. The quantitative estimate of drug-likeness (QED) is 0.926. The maximum absolute atomic E-state index is 12.4. The lowest BCUT2D eigenvalue weighted by Crippen LogP contribution is -2.43. The van der Waals surface area contributed by atoms with Crippen molar-refractivity contribution >= 4 is 23.2 Å². The van der Waals surface area contributed by atoms with E-state index in [1.165, 1.54) is 0 Å². The molecule has 0 fully saturated rings. The summed E-state index contributed by atoms with van der Waals surface area (Å²) in [6, 6.07) is -0.426. The first-order valence-electron chi connectivity index (χ1n) is 5.58. The van der Waals surface area contributed by atoms with E-state index in [9.17, 15) is 18.0 Å². The molecule has 0 saturated heterocycles. The number of alkyl halides is 3. The maximum Gasteiger partial charge on any atom is 0.408 e. The Hall–Kier alpha value is -1.83. The van der Waals surface area contributed by atoms with E-state index in [2.05, 4.69) is 10.1 Å². The summed E-state index contributed by atoms with van der Waals surface area (Å²) in [4.78, 5) is 15.8. The molecular formula is C11H10ClF3N4O. The van der Waals surface area contributed by atoms with Crippen molar-refractivity contribution in [2.24, 2.45) is 0 Å². The molecule has 0 aliphatic rings. The number of hydrogen-bond donors (Lipinski definition) is 1. The van der Waals surface area contributed by atoms with E-state index in [4.69, 9.17) is 11.6 Å². The predicted molar refractivity (Wildman–Crippen MR) is 65.7 cm³/mol. The van der Waals surface area contributed by atoms with Gasteiger partial charge in [0.25, 0.3) is 5.91 Å². The Morgan fingerprint density at radius 1 is 1.50 bits per heavy atom. The Kier molecular flexibility index (Phi) is 3.59. The molecule has 0 aliphatic carbocycles. The van der Waals surface area contributed by atoms with Crippen LogP contribution in [-0.2, 0) is 0 Å². The van der Waals surface area contributed by atoms with Crippen molar-refractivity contribution in [2.45, 2.75) is 26.1 Å². The normalized spacial score (nSPS) is 13.5. The molecule has 0 aliphatic heterocycles. The average Bonchev–Trinajstić information content (AvgIpc) is 2.71. The Balaban J connectivity index is 2.36. The van der Waals surface area contributed by atoms with E-state index >= 15 is 0 Å².